The van der Waals surface area contributed by atoms with E-state index in [1.807, 2.05) is 4.90 Å². The molecule has 0 radical (unpaired) electrons. The highest BCUT2D eigenvalue weighted by atomic mass is 35.5. The van der Waals surface area contributed by atoms with Crippen LogP contribution < -0.4 is 4.90 Å². The van der Waals surface area contributed by atoms with Crippen LogP contribution >= 0.6 is 34.5 Å². The zero-order valence-electron chi connectivity index (χ0n) is 14.3. The Balaban J connectivity index is 1.66. The van der Waals surface area contributed by atoms with Crippen molar-refractivity contribution < 1.29 is 9.59 Å². The average Bonchev–Trinajstić information content (AvgIpc) is 3.34. The molecule has 138 valence electrons. The van der Waals surface area contributed by atoms with E-state index < -0.39 is 0 Å². The van der Waals surface area contributed by atoms with Crippen molar-refractivity contribution in [3.8, 4) is 0 Å². The Hall–Kier alpha value is -1.37. The van der Waals surface area contributed by atoms with Gasteiger partial charge in [0.25, 0.3) is 0 Å². The molecule has 8 heteroatoms. The second-order valence-electron chi connectivity index (χ2n) is 6.76. The van der Waals surface area contributed by atoms with Crippen molar-refractivity contribution in [1.29, 1.82) is 0 Å². The number of hydrogen-bond donors (Lipinski definition) is 0. The Kier molecular flexibility index (Phi) is 5.08. The van der Waals surface area contributed by atoms with Crippen molar-refractivity contribution in [2.75, 3.05) is 31.1 Å². The van der Waals surface area contributed by atoms with E-state index in [0.29, 0.717) is 4.88 Å². The molecule has 1 aliphatic carbocycles. The fraction of sp³-hybridized carbons (Fsp3) is 0.500. The van der Waals surface area contributed by atoms with Gasteiger partial charge in [0.1, 0.15) is 15.8 Å². The molecule has 1 aromatic heterocycles. The summed E-state index contributed by atoms with van der Waals surface area (Å²) in [6.07, 6.45) is 7.11. The Morgan fingerprint density at radius 1 is 0.846 bits per heavy atom. The molecular weight excluding hydrogens is 393 g/mol. The molecule has 0 bridgehead atoms. The first-order chi connectivity index (χ1) is 12.6. The summed E-state index contributed by atoms with van der Waals surface area (Å²) in [7, 11) is 0. The SMILES string of the molecule is O=C1C(Cl)=C(N2CCCC2)C(=O)C(Cl)=C1c1cnc(N2CCCCC2)s1. The highest BCUT2D eigenvalue weighted by Crippen LogP contribution is 2.40. The third-order valence-electron chi connectivity index (χ3n) is 5.06. The Morgan fingerprint density at radius 2 is 1.46 bits per heavy atom. The predicted molar refractivity (Wildman–Crippen MR) is 105 cm³/mol. The number of thiazole rings is 1. The normalized spacial score (nSPS) is 22.1. The molecule has 0 atom stereocenters. The van der Waals surface area contributed by atoms with Crippen molar-refractivity contribution in [3.63, 3.8) is 0 Å². The van der Waals surface area contributed by atoms with E-state index in [9.17, 15) is 9.59 Å². The van der Waals surface area contributed by atoms with Gasteiger partial charge in [-0.25, -0.2) is 4.98 Å². The number of carbonyl (C=O) groups is 2. The zero-order valence-corrected chi connectivity index (χ0v) is 16.6. The first kappa shape index (κ1) is 18.0. The van der Waals surface area contributed by atoms with Crippen LogP contribution in [0, 0.1) is 0 Å². The summed E-state index contributed by atoms with van der Waals surface area (Å²) in [5.74, 6) is -0.742. The molecule has 5 nitrogen and oxygen atoms in total. The number of Topliss-reactive ketones (excluding diaryl/α,β-unsaturated/α-hetero) is 2. The molecule has 26 heavy (non-hydrogen) atoms. The van der Waals surface area contributed by atoms with Crippen molar-refractivity contribution in [2.45, 2.75) is 32.1 Å². The van der Waals surface area contributed by atoms with Crippen LogP contribution in [0.5, 0.6) is 0 Å². The largest absolute Gasteiger partial charge is 0.367 e. The van der Waals surface area contributed by atoms with Crippen LogP contribution in [0.25, 0.3) is 5.57 Å². The summed E-state index contributed by atoms with van der Waals surface area (Å²) >= 11 is 14.1. The molecule has 0 saturated carbocycles. The van der Waals surface area contributed by atoms with Gasteiger partial charge in [-0.1, -0.05) is 34.5 Å². The highest BCUT2D eigenvalue weighted by Gasteiger charge is 2.38. The van der Waals surface area contributed by atoms with Crippen LogP contribution in [0.4, 0.5) is 5.13 Å². The van der Waals surface area contributed by atoms with Gasteiger partial charge in [0.05, 0.1) is 10.5 Å². The minimum absolute atomic E-state index is 0.0239. The molecule has 0 aromatic carbocycles. The van der Waals surface area contributed by atoms with E-state index in [2.05, 4.69) is 9.88 Å². The minimum atomic E-state index is -0.382. The van der Waals surface area contributed by atoms with Gasteiger partial charge in [-0.05, 0) is 32.1 Å². The molecular formula is C18H19Cl2N3O2S. The van der Waals surface area contributed by atoms with Crippen LogP contribution in [0.1, 0.15) is 37.0 Å². The van der Waals surface area contributed by atoms with Crippen molar-refractivity contribution >= 4 is 56.8 Å². The number of allylic oxidation sites excluding steroid dienone is 3. The standard InChI is InChI=1S/C18H19Cl2N3O2S/c19-13-12(11-10-21-18(26-11)23-8-2-1-3-9-23)16(24)14(20)15(17(13)25)22-6-4-5-7-22/h10H,1-9H2. The number of hydrogen-bond acceptors (Lipinski definition) is 6. The van der Waals surface area contributed by atoms with Crippen molar-refractivity contribution in [1.82, 2.24) is 9.88 Å². The maximum Gasteiger partial charge on any atom is 0.222 e. The van der Waals surface area contributed by atoms with Crippen molar-refractivity contribution in [2.24, 2.45) is 0 Å². The molecule has 3 aliphatic rings. The van der Waals surface area contributed by atoms with Crippen LogP contribution in [0.15, 0.2) is 22.0 Å². The lowest BCUT2D eigenvalue weighted by Crippen LogP contribution is -2.31. The number of nitrogens with zero attached hydrogens (tertiary/aromatic N) is 3. The maximum atomic E-state index is 12.9. The number of aromatic nitrogens is 1. The molecule has 0 spiro atoms. The summed E-state index contributed by atoms with van der Waals surface area (Å²) in [5.41, 5.74) is 0.439. The summed E-state index contributed by atoms with van der Waals surface area (Å²) in [4.78, 5) is 34.8. The minimum Gasteiger partial charge on any atom is -0.367 e. The maximum absolute atomic E-state index is 12.9. The zero-order chi connectivity index (χ0) is 18.3. The third kappa shape index (κ3) is 3.08. The van der Waals surface area contributed by atoms with Crippen LogP contribution in [0.3, 0.4) is 0 Å². The average molecular weight is 412 g/mol. The number of piperidine rings is 1. The number of rotatable bonds is 3. The number of halogens is 2. The van der Waals surface area contributed by atoms with Gasteiger partial charge in [0, 0.05) is 32.4 Å². The smallest absolute Gasteiger partial charge is 0.222 e. The van der Waals surface area contributed by atoms with E-state index in [1.165, 1.54) is 17.8 Å². The van der Waals surface area contributed by atoms with E-state index in [1.54, 1.807) is 6.20 Å². The summed E-state index contributed by atoms with van der Waals surface area (Å²) in [6.45, 7) is 3.38. The molecule has 2 fully saturated rings. The molecule has 0 N–H and O–H groups in total. The lowest BCUT2D eigenvalue weighted by atomic mass is 9.99. The van der Waals surface area contributed by atoms with Crippen molar-refractivity contribution in [3.05, 3.63) is 26.8 Å². The summed E-state index contributed by atoms with van der Waals surface area (Å²) in [5, 5.41) is 0.793. The van der Waals surface area contributed by atoms with Crippen LogP contribution in [-0.2, 0) is 9.59 Å². The molecule has 1 aromatic rings. The van der Waals surface area contributed by atoms with Crippen LogP contribution in [-0.4, -0.2) is 47.6 Å². The predicted octanol–water partition coefficient (Wildman–Crippen LogP) is 3.78. The second kappa shape index (κ2) is 7.33. The van der Waals surface area contributed by atoms with Gasteiger partial charge in [0.15, 0.2) is 5.13 Å². The van der Waals surface area contributed by atoms with Gasteiger partial charge in [-0.15, -0.1) is 0 Å². The lowest BCUT2D eigenvalue weighted by Gasteiger charge is -2.26. The van der Waals surface area contributed by atoms with E-state index in [4.69, 9.17) is 23.2 Å². The molecule has 0 amide bonds. The summed E-state index contributed by atoms with van der Waals surface area (Å²) in [6, 6.07) is 0. The van der Waals surface area contributed by atoms with Crippen LogP contribution in [0.2, 0.25) is 0 Å². The number of anilines is 1. The van der Waals surface area contributed by atoms with E-state index >= 15 is 0 Å². The Bertz CT molecular complexity index is 818. The van der Waals surface area contributed by atoms with Gasteiger partial charge in [0.2, 0.25) is 11.6 Å². The molecule has 0 unspecified atom stereocenters. The van der Waals surface area contributed by atoms with Gasteiger partial charge < -0.3 is 9.80 Å². The van der Waals surface area contributed by atoms with Gasteiger partial charge >= 0.3 is 0 Å². The Morgan fingerprint density at radius 3 is 2.15 bits per heavy atom. The van der Waals surface area contributed by atoms with E-state index in [0.717, 1.165) is 57.0 Å². The summed E-state index contributed by atoms with van der Waals surface area (Å²) < 4.78 is 0. The second-order valence-corrected chi connectivity index (χ2v) is 8.52. The third-order valence-corrected chi connectivity index (χ3v) is 6.84. The monoisotopic (exact) mass is 411 g/mol. The Labute approximate surface area is 166 Å². The fourth-order valence-corrected chi connectivity index (χ4v) is 5.34. The highest BCUT2D eigenvalue weighted by molar-refractivity contribution is 7.17. The number of ketones is 2. The van der Waals surface area contributed by atoms with Gasteiger partial charge in [-0.3, -0.25) is 9.59 Å². The topological polar surface area (TPSA) is 53.5 Å². The lowest BCUT2D eigenvalue weighted by molar-refractivity contribution is -0.115. The first-order valence-electron chi connectivity index (χ1n) is 8.93. The first-order valence-corrected chi connectivity index (χ1v) is 10.5. The number of carbonyl (C=O) groups excluding carboxylic acids is 2. The fourth-order valence-electron chi connectivity index (χ4n) is 3.69. The number of likely N-dealkylation sites (tertiary alicyclic amines) is 1. The quantitative estimate of drug-likeness (QED) is 0.708. The van der Waals surface area contributed by atoms with E-state index in [-0.39, 0.29) is 32.9 Å². The molecule has 3 heterocycles. The molecule has 2 aliphatic heterocycles. The molecule has 4 rings (SSSR count). The molecule has 2 saturated heterocycles. The van der Waals surface area contributed by atoms with Gasteiger partial charge in [-0.2, -0.15) is 0 Å².